The molecule has 1 radical (unpaired) electrons. The molecule has 0 spiro atoms. The van der Waals surface area contributed by atoms with Gasteiger partial charge in [0.25, 0.3) is 0 Å². The van der Waals surface area contributed by atoms with Gasteiger partial charge < -0.3 is 0 Å². The van der Waals surface area contributed by atoms with Crippen molar-refractivity contribution in [3.8, 4) is 0 Å². The van der Waals surface area contributed by atoms with Gasteiger partial charge >= 0.3 is 245 Å². The van der Waals surface area contributed by atoms with E-state index in [2.05, 4.69) is 20.8 Å². The van der Waals surface area contributed by atoms with Crippen molar-refractivity contribution in [2.45, 2.75) is 342 Å². The SMILES string of the molecule is CCCCCCCCCCCCCCCCC[CH2][Sn]([CH2]CCCCCCCCCCCCCCCCC)[CH2]CCCCCCCCCCCCCCCCC.[N-]=[N+]=N. The third kappa shape index (κ3) is 58.2. The van der Waals surface area contributed by atoms with E-state index >= 15 is 0 Å². The molecule has 0 saturated carbocycles. The Hall–Kier alpha value is 0.109. The van der Waals surface area contributed by atoms with E-state index in [1.807, 2.05) is 0 Å². The van der Waals surface area contributed by atoms with Gasteiger partial charge in [-0.3, -0.25) is 0 Å². The molecule has 58 heavy (non-hydrogen) atoms. The molecule has 0 aliphatic carbocycles. The minimum Gasteiger partial charge on any atom is -0.108 e. The first kappa shape index (κ1) is 60.2. The number of rotatable bonds is 51. The Morgan fingerprint density at radius 3 is 0.466 bits per heavy atom. The Morgan fingerprint density at radius 1 is 0.241 bits per heavy atom. The van der Waals surface area contributed by atoms with E-state index in [1.54, 1.807) is 56.7 Å². The summed E-state index contributed by atoms with van der Waals surface area (Å²) in [5.41, 5.74) is 12.2. The van der Waals surface area contributed by atoms with Gasteiger partial charge in [0.2, 0.25) is 0 Å². The van der Waals surface area contributed by atoms with Gasteiger partial charge in [-0.2, -0.15) is 0 Å². The molecule has 0 rings (SSSR count). The average Bonchev–Trinajstić information content (AvgIpc) is 3.23. The van der Waals surface area contributed by atoms with Gasteiger partial charge in [0.05, 0.1) is 0 Å². The molecule has 0 aromatic heterocycles. The summed E-state index contributed by atoms with van der Waals surface area (Å²) < 4.78 is 5.20. The molecule has 1 N–H and O–H groups in total. The van der Waals surface area contributed by atoms with Crippen LogP contribution in [0.25, 0.3) is 10.4 Å². The van der Waals surface area contributed by atoms with E-state index in [0.717, 1.165) is 0 Å². The zero-order chi connectivity index (χ0) is 42.3. The van der Waals surface area contributed by atoms with Crippen LogP contribution in [0.2, 0.25) is 13.3 Å². The number of hydrogen-bond acceptors (Lipinski definition) is 1. The summed E-state index contributed by atoms with van der Waals surface area (Å²) >= 11 is -1.16. The first-order valence-electron chi connectivity index (χ1n) is 27.6. The number of nitrogens with one attached hydrogen (secondary N) is 1. The molecule has 347 valence electrons. The third-order valence-electron chi connectivity index (χ3n) is 13.2. The van der Waals surface area contributed by atoms with Crippen LogP contribution in [0.5, 0.6) is 0 Å². The fraction of sp³-hybridized carbons (Fsp3) is 1.00. The first-order valence-corrected chi connectivity index (χ1v) is 33.7. The first-order chi connectivity index (χ1) is 28.8. The molecule has 0 bridgehead atoms. The summed E-state index contributed by atoms with van der Waals surface area (Å²) in [6.07, 6.45) is 72.0. The van der Waals surface area contributed by atoms with Crippen LogP contribution < -0.4 is 0 Å². The minimum absolute atomic E-state index is 1.16. The van der Waals surface area contributed by atoms with Crippen molar-refractivity contribution in [3.63, 3.8) is 0 Å². The summed E-state index contributed by atoms with van der Waals surface area (Å²) in [6, 6.07) is 0. The van der Waals surface area contributed by atoms with Crippen molar-refractivity contribution in [1.29, 1.82) is 5.53 Å². The second-order valence-corrected chi connectivity index (χ2v) is 27.6. The molecule has 0 aliphatic rings. The summed E-state index contributed by atoms with van der Waals surface area (Å²) in [4.78, 5) is 1.75. The predicted octanol–water partition coefficient (Wildman–Crippen LogP) is 22.1. The Morgan fingerprint density at radius 2 is 0.345 bits per heavy atom. The Bertz CT molecular complexity index is 637. The number of nitrogens with zero attached hydrogens (tertiary/aromatic N) is 2. The van der Waals surface area contributed by atoms with Gasteiger partial charge in [0.15, 0.2) is 0 Å². The Kier molecular flexibility index (Phi) is 61.4. The Labute approximate surface area is 375 Å². The van der Waals surface area contributed by atoms with Crippen molar-refractivity contribution in [2.75, 3.05) is 0 Å². The fourth-order valence-corrected chi connectivity index (χ4v) is 17.7. The minimum atomic E-state index is -1.16. The smallest absolute Gasteiger partial charge is 0.108 e. The van der Waals surface area contributed by atoms with Crippen LogP contribution in [-0.4, -0.2) is 19.8 Å². The fourth-order valence-electron chi connectivity index (χ4n) is 9.14. The topological polar surface area (TPSA) is 60.3 Å². The van der Waals surface area contributed by atoms with E-state index in [4.69, 9.17) is 11.1 Å². The monoisotopic (exact) mass is 923 g/mol. The zero-order valence-electron chi connectivity index (χ0n) is 41.0. The normalized spacial score (nSPS) is 11.3. The van der Waals surface area contributed by atoms with Gasteiger partial charge in [0.1, 0.15) is 0 Å². The number of hydrogen-bond donors (Lipinski definition) is 1. The van der Waals surface area contributed by atoms with Crippen LogP contribution in [0, 0.1) is 5.53 Å². The molecule has 3 nitrogen and oxygen atoms in total. The van der Waals surface area contributed by atoms with Crippen LogP contribution in [0.1, 0.15) is 329 Å². The average molecular weight is 922 g/mol. The molecule has 0 aromatic carbocycles. The van der Waals surface area contributed by atoms with Crippen molar-refractivity contribution in [3.05, 3.63) is 10.4 Å². The van der Waals surface area contributed by atoms with Crippen LogP contribution in [0.4, 0.5) is 0 Å². The quantitative estimate of drug-likeness (QED) is 0.0208. The predicted molar refractivity (Wildman–Crippen MR) is 268 cm³/mol. The third-order valence-corrected chi connectivity index (χ3v) is 22.2. The number of unbranched alkanes of at least 4 members (excludes halogenated alkanes) is 45. The standard InChI is InChI=1S/3C18H37.HN3.Sn/c3*1-3-5-7-9-11-13-15-17-18-16-14-12-10-8-6-4-2;1-3-2;/h3*1,3-18H2,2H3;1H;. The molecule has 0 unspecified atom stereocenters. The van der Waals surface area contributed by atoms with Crippen molar-refractivity contribution < 1.29 is 0 Å². The van der Waals surface area contributed by atoms with Gasteiger partial charge in [-0.05, 0) is 10.4 Å². The molecule has 0 saturated heterocycles. The van der Waals surface area contributed by atoms with E-state index in [-0.39, 0.29) is 0 Å². The molecule has 4 heteroatoms. The second kappa shape index (κ2) is 59.2. The molecular formula is C54H112N3Sn. The van der Waals surface area contributed by atoms with Gasteiger partial charge in [-0.15, -0.1) is 5.53 Å². The summed E-state index contributed by atoms with van der Waals surface area (Å²) in [5.74, 6) is 0. The van der Waals surface area contributed by atoms with Crippen molar-refractivity contribution in [1.82, 2.24) is 0 Å². The van der Waals surface area contributed by atoms with Crippen LogP contribution in [0.3, 0.4) is 0 Å². The molecule has 0 heterocycles. The molecular weight excluding hydrogens is 809 g/mol. The van der Waals surface area contributed by atoms with Crippen LogP contribution in [-0.2, 0) is 0 Å². The van der Waals surface area contributed by atoms with E-state index in [1.165, 1.54) is 270 Å². The summed E-state index contributed by atoms with van der Waals surface area (Å²) in [5, 5.41) is 0. The van der Waals surface area contributed by atoms with Crippen molar-refractivity contribution in [2.24, 2.45) is 0 Å². The summed E-state index contributed by atoms with van der Waals surface area (Å²) in [7, 11) is 0. The maximum atomic E-state index is 6.86. The molecule has 0 fully saturated rings. The Balaban J connectivity index is 0. The van der Waals surface area contributed by atoms with Crippen LogP contribution in [0.15, 0.2) is 0 Å². The van der Waals surface area contributed by atoms with Gasteiger partial charge in [-0.25, -0.2) is 0 Å². The molecule has 0 aromatic rings. The van der Waals surface area contributed by atoms with Gasteiger partial charge in [0, 0.05) is 0 Å². The zero-order valence-corrected chi connectivity index (χ0v) is 43.8. The molecule has 0 atom stereocenters. The van der Waals surface area contributed by atoms with Gasteiger partial charge in [-0.1, -0.05) is 117 Å². The second-order valence-electron chi connectivity index (χ2n) is 19.0. The van der Waals surface area contributed by atoms with E-state index in [9.17, 15) is 0 Å². The van der Waals surface area contributed by atoms with E-state index < -0.39 is 19.8 Å². The van der Waals surface area contributed by atoms with E-state index in [0.29, 0.717) is 0 Å². The maximum absolute atomic E-state index is 6.86. The van der Waals surface area contributed by atoms with Crippen LogP contribution >= 0.6 is 0 Å². The van der Waals surface area contributed by atoms with Crippen molar-refractivity contribution >= 4 is 19.8 Å². The molecule has 0 amide bonds. The summed E-state index contributed by atoms with van der Waals surface area (Å²) in [6.45, 7) is 6.97. The molecule has 0 aliphatic heterocycles.